The second-order valence-electron chi connectivity index (χ2n) is 6.24. The van der Waals surface area contributed by atoms with E-state index in [1.165, 1.54) is 7.11 Å². The highest BCUT2D eigenvalue weighted by Crippen LogP contribution is 2.37. The molecule has 1 unspecified atom stereocenters. The number of fused-ring (bicyclic) bond motifs is 1. The maximum Gasteiger partial charge on any atom is 0.337 e. The highest BCUT2D eigenvalue weighted by atomic mass is 16.5. The predicted octanol–water partition coefficient (Wildman–Crippen LogP) is 4.03. The Balaban J connectivity index is 1.80. The van der Waals surface area contributed by atoms with Crippen molar-refractivity contribution in [2.24, 2.45) is 0 Å². The number of methoxy groups -OCH3 is 2. The average molecular weight is 377 g/mol. The molecule has 1 aliphatic rings. The molecular weight excluding hydrogens is 358 g/mol. The molecule has 0 spiro atoms. The second-order valence-corrected chi connectivity index (χ2v) is 6.24. The van der Waals surface area contributed by atoms with E-state index in [0.717, 1.165) is 17.0 Å². The van der Waals surface area contributed by atoms with Crippen molar-refractivity contribution in [2.45, 2.75) is 6.17 Å². The molecule has 0 saturated carbocycles. The van der Waals surface area contributed by atoms with Gasteiger partial charge in [0.1, 0.15) is 17.8 Å². The van der Waals surface area contributed by atoms with E-state index in [4.69, 9.17) is 19.3 Å². The third-order valence-electron chi connectivity index (χ3n) is 4.66. The van der Waals surface area contributed by atoms with Crippen molar-refractivity contribution in [3.8, 4) is 5.75 Å². The summed E-state index contributed by atoms with van der Waals surface area (Å²) in [4.78, 5) is 13.8. The van der Waals surface area contributed by atoms with E-state index in [9.17, 15) is 4.79 Å². The summed E-state index contributed by atoms with van der Waals surface area (Å²) < 4.78 is 15.6. The van der Waals surface area contributed by atoms with Crippen molar-refractivity contribution in [1.82, 2.24) is 0 Å². The quantitative estimate of drug-likeness (QED) is 0.668. The Morgan fingerprint density at radius 2 is 1.93 bits per heavy atom. The highest BCUT2D eigenvalue weighted by molar-refractivity contribution is 6.13. The minimum Gasteiger partial charge on any atom is -0.497 e. The van der Waals surface area contributed by atoms with Gasteiger partial charge in [0.05, 0.1) is 31.6 Å². The summed E-state index contributed by atoms with van der Waals surface area (Å²) in [7, 11) is 2.96. The first kappa shape index (κ1) is 17.7. The Bertz CT molecular complexity index is 1030. The van der Waals surface area contributed by atoms with Crippen molar-refractivity contribution in [1.29, 1.82) is 5.41 Å². The summed E-state index contributed by atoms with van der Waals surface area (Å²) in [5.74, 6) is 1.13. The zero-order valence-electron chi connectivity index (χ0n) is 15.4. The molecule has 142 valence electrons. The smallest absolute Gasteiger partial charge is 0.337 e. The van der Waals surface area contributed by atoms with Crippen LogP contribution < -0.4 is 15.0 Å². The molecule has 1 aromatic heterocycles. The van der Waals surface area contributed by atoms with E-state index in [1.54, 1.807) is 37.6 Å². The molecule has 1 aliphatic heterocycles. The van der Waals surface area contributed by atoms with Gasteiger partial charge in [-0.1, -0.05) is 12.1 Å². The fourth-order valence-electron chi connectivity index (χ4n) is 3.26. The molecule has 3 aromatic rings. The Kier molecular flexibility index (Phi) is 4.49. The Morgan fingerprint density at radius 3 is 2.64 bits per heavy atom. The summed E-state index contributed by atoms with van der Waals surface area (Å²) in [6, 6.07) is 16.3. The van der Waals surface area contributed by atoms with Gasteiger partial charge >= 0.3 is 5.97 Å². The number of anilines is 2. The van der Waals surface area contributed by atoms with Crippen LogP contribution in [-0.2, 0) is 4.74 Å². The van der Waals surface area contributed by atoms with E-state index in [1.807, 2.05) is 35.2 Å². The molecule has 7 nitrogen and oxygen atoms in total. The van der Waals surface area contributed by atoms with E-state index in [2.05, 4.69) is 5.32 Å². The van der Waals surface area contributed by atoms with Crippen molar-refractivity contribution in [3.05, 3.63) is 77.6 Å². The number of carbonyl (C=O) groups excluding carboxylic acids is 1. The van der Waals surface area contributed by atoms with Crippen molar-refractivity contribution >= 4 is 23.4 Å². The summed E-state index contributed by atoms with van der Waals surface area (Å²) in [6.07, 6.45) is 1.11. The Hall–Kier alpha value is -3.74. The molecule has 4 rings (SSSR count). The minimum atomic E-state index is -0.441. The van der Waals surface area contributed by atoms with Gasteiger partial charge in [-0.05, 0) is 48.0 Å². The molecule has 2 aromatic carbocycles. The lowest BCUT2D eigenvalue weighted by atomic mass is 10.0. The van der Waals surface area contributed by atoms with Gasteiger partial charge < -0.3 is 24.1 Å². The predicted molar refractivity (Wildman–Crippen MR) is 105 cm³/mol. The number of ether oxygens (including phenoxy) is 2. The summed E-state index contributed by atoms with van der Waals surface area (Å²) in [5.41, 5.74) is 2.70. The number of nitrogens with one attached hydrogen (secondary N) is 2. The van der Waals surface area contributed by atoms with Crippen molar-refractivity contribution in [3.63, 3.8) is 0 Å². The third kappa shape index (κ3) is 2.96. The van der Waals surface area contributed by atoms with Gasteiger partial charge in [-0.3, -0.25) is 5.41 Å². The third-order valence-corrected chi connectivity index (χ3v) is 4.66. The first-order valence-corrected chi connectivity index (χ1v) is 8.67. The fourth-order valence-corrected chi connectivity index (χ4v) is 3.26. The van der Waals surface area contributed by atoms with Gasteiger partial charge in [0.2, 0.25) is 5.88 Å². The number of hydrogen-bond acceptors (Lipinski definition) is 6. The van der Waals surface area contributed by atoms with Crippen LogP contribution in [-0.4, -0.2) is 26.0 Å². The van der Waals surface area contributed by atoms with Gasteiger partial charge in [-0.2, -0.15) is 0 Å². The molecule has 0 amide bonds. The molecular formula is C21H19N3O4. The van der Waals surface area contributed by atoms with E-state index in [-0.39, 0.29) is 0 Å². The van der Waals surface area contributed by atoms with Crippen LogP contribution in [0.15, 0.2) is 65.3 Å². The minimum absolute atomic E-state index is 0.293. The topological polar surface area (TPSA) is 87.8 Å². The van der Waals surface area contributed by atoms with E-state index in [0.29, 0.717) is 22.8 Å². The maximum atomic E-state index is 12.0. The largest absolute Gasteiger partial charge is 0.497 e. The molecule has 0 bridgehead atoms. The number of esters is 1. The zero-order chi connectivity index (χ0) is 19.7. The molecule has 0 fully saturated rings. The lowest BCUT2D eigenvalue weighted by Gasteiger charge is -2.38. The molecule has 7 heteroatoms. The average Bonchev–Trinajstić information content (AvgIpc) is 3.22. The molecule has 2 N–H and O–H groups in total. The van der Waals surface area contributed by atoms with Gasteiger partial charge in [0, 0.05) is 5.69 Å². The van der Waals surface area contributed by atoms with Crippen LogP contribution in [0.4, 0.5) is 11.6 Å². The van der Waals surface area contributed by atoms with Crippen LogP contribution >= 0.6 is 0 Å². The number of furan rings is 1. The highest BCUT2D eigenvalue weighted by Gasteiger charge is 2.34. The van der Waals surface area contributed by atoms with Gasteiger partial charge in [0.15, 0.2) is 0 Å². The van der Waals surface area contributed by atoms with Crippen molar-refractivity contribution < 1.29 is 18.7 Å². The van der Waals surface area contributed by atoms with E-state index < -0.39 is 12.1 Å². The number of carbonyl (C=O) groups is 1. The zero-order valence-corrected chi connectivity index (χ0v) is 15.4. The maximum absolute atomic E-state index is 12.0. The molecule has 2 heterocycles. The summed E-state index contributed by atoms with van der Waals surface area (Å²) in [5, 5.41) is 12.1. The number of benzene rings is 2. The van der Waals surface area contributed by atoms with Crippen LogP contribution in [0.2, 0.25) is 0 Å². The fraction of sp³-hybridized carbons (Fsp3) is 0.143. The van der Waals surface area contributed by atoms with Crippen LogP contribution in [0.3, 0.4) is 0 Å². The van der Waals surface area contributed by atoms with Crippen LogP contribution in [0.5, 0.6) is 5.75 Å². The van der Waals surface area contributed by atoms with E-state index >= 15 is 0 Å². The summed E-state index contributed by atoms with van der Waals surface area (Å²) >= 11 is 0. The first-order valence-electron chi connectivity index (χ1n) is 8.67. The standard InChI is InChI=1S/C21H19N3O4/c1-26-16-8-6-15(7-9-16)24-18(22)17-10-11-28-20(17)23-19(24)13-4-3-5-14(12-13)21(25)27-2/h3-12,19,22-23H,1-2H3. The first-order chi connectivity index (χ1) is 13.6. The molecule has 0 saturated heterocycles. The lowest BCUT2D eigenvalue weighted by molar-refractivity contribution is 0.0600. The van der Waals surface area contributed by atoms with Crippen LogP contribution in [0.1, 0.15) is 27.7 Å². The van der Waals surface area contributed by atoms with Crippen molar-refractivity contribution in [2.75, 3.05) is 24.4 Å². The molecule has 0 aliphatic carbocycles. The monoisotopic (exact) mass is 377 g/mol. The van der Waals surface area contributed by atoms with Gasteiger partial charge in [-0.25, -0.2) is 4.79 Å². The Labute approximate surface area is 162 Å². The van der Waals surface area contributed by atoms with Crippen LogP contribution in [0.25, 0.3) is 0 Å². The molecule has 28 heavy (non-hydrogen) atoms. The number of nitrogens with zero attached hydrogens (tertiary/aromatic N) is 1. The normalized spacial score (nSPS) is 15.6. The number of amidine groups is 1. The van der Waals surface area contributed by atoms with Gasteiger partial charge in [0.25, 0.3) is 0 Å². The number of rotatable bonds is 4. The molecule has 0 radical (unpaired) electrons. The van der Waals surface area contributed by atoms with Gasteiger partial charge in [-0.15, -0.1) is 0 Å². The van der Waals surface area contributed by atoms with Crippen LogP contribution in [0, 0.1) is 5.41 Å². The summed E-state index contributed by atoms with van der Waals surface area (Å²) in [6.45, 7) is 0. The Morgan fingerprint density at radius 1 is 1.14 bits per heavy atom. The lowest BCUT2D eigenvalue weighted by Crippen LogP contribution is -2.42. The SMILES string of the molecule is COC(=O)c1cccc(C2Nc3occc3C(=N)N2c2ccc(OC)cc2)c1. The molecule has 1 atom stereocenters. The number of hydrogen-bond donors (Lipinski definition) is 2. The second kappa shape index (κ2) is 7.11.